The molecule has 1 amide bonds. The third-order valence-electron chi connectivity index (χ3n) is 3.45. The fraction of sp³-hybridized carbons (Fsp3) is 0.692. The normalized spacial score (nSPS) is 17.8. The molecule has 0 saturated carbocycles. The van der Waals surface area contributed by atoms with Gasteiger partial charge in [0.25, 0.3) is 5.91 Å². The van der Waals surface area contributed by atoms with Gasteiger partial charge in [-0.2, -0.15) is 0 Å². The van der Waals surface area contributed by atoms with E-state index in [1.807, 2.05) is 6.92 Å². The first-order chi connectivity index (χ1) is 10.0. The lowest BCUT2D eigenvalue weighted by Gasteiger charge is -2.29. The number of nitrogens with zero attached hydrogens (tertiary/aromatic N) is 2. The first-order valence-electron chi connectivity index (χ1n) is 7.08. The second-order valence-corrected chi connectivity index (χ2v) is 6.34. The van der Waals surface area contributed by atoms with Crippen LogP contribution in [0.2, 0.25) is 0 Å². The molecule has 1 unspecified atom stereocenters. The molecule has 7 nitrogen and oxygen atoms in total. The topological polar surface area (TPSA) is 106 Å². The molecule has 21 heavy (non-hydrogen) atoms. The van der Waals surface area contributed by atoms with Crippen LogP contribution in [0.4, 0.5) is 10.9 Å². The van der Waals surface area contributed by atoms with E-state index in [9.17, 15) is 4.79 Å². The van der Waals surface area contributed by atoms with Gasteiger partial charge < -0.3 is 26.4 Å². The lowest BCUT2D eigenvalue weighted by molar-refractivity contribution is 0.0910. The van der Waals surface area contributed by atoms with E-state index in [0.717, 1.165) is 31.1 Å². The molecule has 1 aromatic heterocycles. The number of piperidine rings is 1. The second-order valence-electron chi connectivity index (χ2n) is 5.37. The van der Waals surface area contributed by atoms with Crippen molar-refractivity contribution in [1.29, 1.82) is 0 Å². The second kappa shape index (κ2) is 7.06. The van der Waals surface area contributed by atoms with Crippen LogP contribution >= 0.6 is 11.3 Å². The largest absolute Gasteiger partial charge is 0.383 e. The summed E-state index contributed by atoms with van der Waals surface area (Å²) in [6.07, 6.45) is 1.87. The van der Waals surface area contributed by atoms with Crippen molar-refractivity contribution < 1.29 is 9.53 Å². The molecule has 1 atom stereocenters. The van der Waals surface area contributed by atoms with Crippen LogP contribution in [0.1, 0.15) is 29.4 Å². The van der Waals surface area contributed by atoms with E-state index >= 15 is 0 Å². The lowest BCUT2D eigenvalue weighted by atomic mass is 10.1. The van der Waals surface area contributed by atoms with Crippen molar-refractivity contribution >= 4 is 28.2 Å². The summed E-state index contributed by atoms with van der Waals surface area (Å²) in [7, 11) is 1.60. The summed E-state index contributed by atoms with van der Waals surface area (Å²) >= 11 is 1.33. The van der Waals surface area contributed by atoms with E-state index in [0.29, 0.717) is 11.5 Å². The van der Waals surface area contributed by atoms with Crippen LogP contribution in [0.25, 0.3) is 0 Å². The Morgan fingerprint density at radius 1 is 1.57 bits per heavy atom. The van der Waals surface area contributed by atoms with E-state index in [-0.39, 0.29) is 23.8 Å². The standard InChI is InChI=1S/C13H23N5O2S/c1-8(7-20-2)16-12(19)10-11(15)17-13(21-10)18-5-3-9(14)4-6-18/h8-9H,3-7,14-15H2,1-2H3,(H,16,19). The van der Waals surface area contributed by atoms with Gasteiger partial charge in [0.05, 0.1) is 6.61 Å². The average Bonchev–Trinajstić information content (AvgIpc) is 2.82. The number of nitrogens with two attached hydrogens (primary N) is 2. The molecular formula is C13H23N5O2S. The Bertz CT molecular complexity index is 485. The summed E-state index contributed by atoms with van der Waals surface area (Å²) in [6, 6.07) is 0.191. The van der Waals surface area contributed by atoms with Gasteiger partial charge in [0.1, 0.15) is 10.7 Å². The fourth-order valence-corrected chi connectivity index (χ4v) is 3.23. The Balaban J connectivity index is 2.03. The van der Waals surface area contributed by atoms with Gasteiger partial charge in [0.15, 0.2) is 5.13 Å². The molecule has 1 aromatic rings. The van der Waals surface area contributed by atoms with Crippen LogP contribution in [-0.2, 0) is 4.74 Å². The van der Waals surface area contributed by atoms with Crippen molar-refractivity contribution in [3.05, 3.63) is 4.88 Å². The minimum atomic E-state index is -0.200. The van der Waals surface area contributed by atoms with Gasteiger partial charge >= 0.3 is 0 Å². The number of hydrogen-bond acceptors (Lipinski definition) is 7. The number of carbonyl (C=O) groups excluding carboxylic acids is 1. The first-order valence-corrected chi connectivity index (χ1v) is 7.89. The lowest BCUT2D eigenvalue weighted by Crippen LogP contribution is -2.39. The number of amides is 1. The monoisotopic (exact) mass is 313 g/mol. The number of anilines is 2. The molecule has 2 heterocycles. The Morgan fingerprint density at radius 3 is 2.86 bits per heavy atom. The van der Waals surface area contributed by atoms with Crippen molar-refractivity contribution in [1.82, 2.24) is 10.3 Å². The number of aromatic nitrogens is 1. The highest BCUT2D eigenvalue weighted by Crippen LogP contribution is 2.29. The van der Waals surface area contributed by atoms with E-state index < -0.39 is 0 Å². The molecule has 118 valence electrons. The number of hydrogen-bond donors (Lipinski definition) is 3. The Hall–Kier alpha value is -1.38. The zero-order chi connectivity index (χ0) is 15.4. The van der Waals surface area contributed by atoms with Crippen LogP contribution in [0.3, 0.4) is 0 Å². The smallest absolute Gasteiger partial charge is 0.265 e. The number of nitrogens with one attached hydrogen (secondary N) is 1. The quantitative estimate of drug-likeness (QED) is 0.727. The molecule has 5 N–H and O–H groups in total. The molecule has 2 rings (SSSR count). The number of nitrogen functional groups attached to an aromatic ring is 1. The number of thiazole rings is 1. The maximum Gasteiger partial charge on any atom is 0.265 e. The molecule has 8 heteroatoms. The highest BCUT2D eigenvalue weighted by molar-refractivity contribution is 7.18. The summed E-state index contributed by atoms with van der Waals surface area (Å²) in [4.78, 5) is 19.1. The van der Waals surface area contributed by atoms with Crippen molar-refractivity contribution in [2.75, 3.05) is 37.4 Å². The molecule has 1 fully saturated rings. The Morgan fingerprint density at radius 2 is 2.24 bits per heavy atom. The Kier molecular flexibility index (Phi) is 5.38. The number of rotatable bonds is 5. The van der Waals surface area contributed by atoms with Gasteiger partial charge in [-0.15, -0.1) is 0 Å². The fourth-order valence-electron chi connectivity index (χ4n) is 2.29. The van der Waals surface area contributed by atoms with E-state index in [2.05, 4.69) is 15.2 Å². The molecule has 0 spiro atoms. The zero-order valence-corrected chi connectivity index (χ0v) is 13.3. The summed E-state index contributed by atoms with van der Waals surface area (Å²) in [5.74, 6) is 0.0847. The minimum absolute atomic E-state index is 0.0690. The third-order valence-corrected chi connectivity index (χ3v) is 4.58. The van der Waals surface area contributed by atoms with Gasteiger partial charge in [0.2, 0.25) is 0 Å². The summed E-state index contributed by atoms with van der Waals surface area (Å²) in [5.41, 5.74) is 11.8. The van der Waals surface area contributed by atoms with Gasteiger partial charge in [-0.1, -0.05) is 11.3 Å². The van der Waals surface area contributed by atoms with Gasteiger partial charge in [-0.05, 0) is 19.8 Å². The van der Waals surface area contributed by atoms with Crippen LogP contribution < -0.4 is 21.7 Å². The SMILES string of the molecule is COCC(C)NC(=O)c1sc(N2CCC(N)CC2)nc1N. The summed E-state index contributed by atoms with van der Waals surface area (Å²) < 4.78 is 5.00. The maximum atomic E-state index is 12.2. The van der Waals surface area contributed by atoms with Crippen LogP contribution in [0, 0.1) is 0 Å². The molecule has 1 saturated heterocycles. The highest BCUT2D eigenvalue weighted by Gasteiger charge is 2.23. The zero-order valence-electron chi connectivity index (χ0n) is 12.5. The van der Waals surface area contributed by atoms with Crippen molar-refractivity contribution in [3.63, 3.8) is 0 Å². The number of carbonyl (C=O) groups is 1. The molecule has 0 aromatic carbocycles. The van der Waals surface area contributed by atoms with E-state index in [4.69, 9.17) is 16.2 Å². The molecule has 1 aliphatic heterocycles. The molecule has 0 radical (unpaired) electrons. The predicted octanol–water partition coefficient (Wildman–Crippen LogP) is 0.418. The van der Waals surface area contributed by atoms with Crippen molar-refractivity contribution in [2.45, 2.75) is 31.8 Å². The van der Waals surface area contributed by atoms with Crippen LogP contribution in [0.15, 0.2) is 0 Å². The third kappa shape index (κ3) is 4.05. The molecule has 0 bridgehead atoms. The van der Waals surface area contributed by atoms with E-state index in [1.165, 1.54) is 11.3 Å². The van der Waals surface area contributed by atoms with Crippen LogP contribution in [0.5, 0.6) is 0 Å². The highest BCUT2D eigenvalue weighted by atomic mass is 32.1. The minimum Gasteiger partial charge on any atom is -0.383 e. The van der Waals surface area contributed by atoms with Gasteiger partial charge in [-0.3, -0.25) is 4.79 Å². The van der Waals surface area contributed by atoms with Crippen molar-refractivity contribution in [3.8, 4) is 0 Å². The number of methoxy groups -OCH3 is 1. The van der Waals surface area contributed by atoms with E-state index in [1.54, 1.807) is 7.11 Å². The molecule has 1 aliphatic rings. The number of ether oxygens (including phenoxy) is 1. The first kappa shape index (κ1) is 16.0. The predicted molar refractivity (Wildman–Crippen MR) is 84.8 cm³/mol. The van der Waals surface area contributed by atoms with Gasteiger partial charge in [0, 0.05) is 32.3 Å². The molecular weight excluding hydrogens is 290 g/mol. The summed E-state index contributed by atoms with van der Waals surface area (Å²) in [6.45, 7) is 4.05. The van der Waals surface area contributed by atoms with Gasteiger partial charge in [-0.25, -0.2) is 4.98 Å². The average molecular weight is 313 g/mol. The van der Waals surface area contributed by atoms with Crippen LogP contribution in [-0.4, -0.2) is 49.8 Å². The summed E-state index contributed by atoms with van der Waals surface area (Å²) in [5, 5.41) is 3.64. The van der Waals surface area contributed by atoms with Crippen molar-refractivity contribution in [2.24, 2.45) is 5.73 Å². The maximum absolute atomic E-state index is 12.2. The Labute approximate surface area is 128 Å². The molecule has 0 aliphatic carbocycles.